The zero-order chi connectivity index (χ0) is 22.0. The molecule has 1 aliphatic heterocycles. The lowest BCUT2D eigenvalue weighted by molar-refractivity contribution is -0.120. The molecule has 5 heteroatoms. The Balaban J connectivity index is 1.22. The lowest BCUT2D eigenvalue weighted by Gasteiger charge is -2.26. The van der Waals surface area contributed by atoms with Crippen LogP contribution < -0.4 is 10.1 Å². The van der Waals surface area contributed by atoms with E-state index in [1.165, 1.54) is 5.56 Å². The first-order valence-electron chi connectivity index (χ1n) is 11.2. The van der Waals surface area contributed by atoms with Gasteiger partial charge in [-0.1, -0.05) is 66.7 Å². The minimum absolute atomic E-state index is 0.0103. The SMILES string of the molecule is O=C(Cc1ccc(-c2ccccc2)cc1)NCc1cccc(OCCN2CCOCC2)c1. The molecule has 1 amide bonds. The maximum atomic E-state index is 12.4. The van der Waals surface area contributed by atoms with Crippen molar-refractivity contribution in [1.82, 2.24) is 10.2 Å². The first-order chi connectivity index (χ1) is 15.8. The summed E-state index contributed by atoms with van der Waals surface area (Å²) in [6.07, 6.45) is 0.366. The topological polar surface area (TPSA) is 50.8 Å². The third kappa shape index (κ3) is 6.67. The lowest BCUT2D eigenvalue weighted by Crippen LogP contribution is -2.38. The van der Waals surface area contributed by atoms with Crippen LogP contribution in [-0.2, 0) is 22.5 Å². The molecule has 0 spiro atoms. The molecule has 166 valence electrons. The van der Waals surface area contributed by atoms with Gasteiger partial charge in [-0.2, -0.15) is 0 Å². The molecular weight excluding hydrogens is 400 g/mol. The lowest BCUT2D eigenvalue weighted by atomic mass is 10.0. The molecule has 0 radical (unpaired) electrons. The number of hydrogen-bond acceptors (Lipinski definition) is 4. The quantitative estimate of drug-likeness (QED) is 0.559. The standard InChI is InChI=1S/C27H30N2O3/c30-27(20-22-9-11-25(12-10-22)24-6-2-1-3-7-24)28-21-23-5-4-8-26(19-23)32-18-15-29-13-16-31-17-14-29/h1-12,19H,13-18,20-21H2,(H,28,30). The van der Waals surface area contributed by atoms with Gasteiger partial charge in [0.05, 0.1) is 19.6 Å². The van der Waals surface area contributed by atoms with Gasteiger partial charge in [-0.05, 0) is 34.4 Å². The number of amides is 1. The van der Waals surface area contributed by atoms with Crippen LogP contribution in [0.5, 0.6) is 5.75 Å². The summed E-state index contributed by atoms with van der Waals surface area (Å²) in [6, 6.07) is 26.3. The first kappa shape index (κ1) is 22.1. The zero-order valence-electron chi connectivity index (χ0n) is 18.3. The summed E-state index contributed by atoms with van der Waals surface area (Å²) in [6.45, 7) is 5.55. The van der Waals surface area contributed by atoms with Crippen molar-refractivity contribution in [3.8, 4) is 16.9 Å². The molecule has 1 aliphatic rings. The van der Waals surface area contributed by atoms with Gasteiger partial charge < -0.3 is 14.8 Å². The minimum Gasteiger partial charge on any atom is -0.492 e. The van der Waals surface area contributed by atoms with Crippen LogP contribution in [0.15, 0.2) is 78.9 Å². The van der Waals surface area contributed by atoms with Gasteiger partial charge in [-0.25, -0.2) is 0 Å². The van der Waals surface area contributed by atoms with E-state index in [1.54, 1.807) is 0 Å². The van der Waals surface area contributed by atoms with Crippen LogP contribution in [0, 0.1) is 0 Å². The maximum Gasteiger partial charge on any atom is 0.224 e. The summed E-state index contributed by atoms with van der Waals surface area (Å²) in [5, 5.41) is 3.01. The van der Waals surface area contributed by atoms with Crippen molar-refractivity contribution in [2.75, 3.05) is 39.5 Å². The van der Waals surface area contributed by atoms with Crippen LogP contribution in [0.1, 0.15) is 11.1 Å². The summed E-state index contributed by atoms with van der Waals surface area (Å²) in [5.74, 6) is 0.845. The van der Waals surface area contributed by atoms with Gasteiger partial charge in [0.2, 0.25) is 5.91 Å². The average molecular weight is 431 g/mol. The predicted molar refractivity (Wildman–Crippen MR) is 127 cm³/mol. The molecule has 1 fully saturated rings. The second-order valence-electron chi connectivity index (χ2n) is 7.97. The molecule has 3 aromatic carbocycles. The fourth-order valence-corrected chi connectivity index (χ4v) is 3.76. The van der Waals surface area contributed by atoms with Crippen LogP contribution in [0.25, 0.3) is 11.1 Å². The van der Waals surface area contributed by atoms with Gasteiger partial charge in [0.1, 0.15) is 12.4 Å². The monoisotopic (exact) mass is 430 g/mol. The summed E-state index contributed by atoms with van der Waals surface area (Å²) in [4.78, 5) is 14.8. The Hall–Kier alpha value is -3.15. The van der Waals surface area contributed by atoms with E-state index >= 15 is 0 Å². The summed E-state index contributed by atoms with van der Waals surface area (Å²) >= 11 is 0. The van der Waals surface area contributed by atoms with Crippen molar-refractivity contribution in [2.24, 2.45) is 0 Å². The summed E-state index contributed by atoms with van der Waals surface area (Å²) in [5.41, 5.74) is 4.36. The van der Waals surface area contributed by atoms with Crippen molar-refractivity contribution in [3.63, 3.8) is 0 Å². The fraction of sp³-hybridized carbons (Fsp3) is 0.296. The average Bonchev–Trinajstić information content (AvgIpc) is 2.85. The van der Waals surface area contributed by atoms with Gasteiger partial charge in [-0.15, -0.1) is 0 Å². The van der Waals surface area contributed by atoms with Crippen molar-refractivity contribution < 1.29 is 14.3 Å². The molecule has 1 N–H and O–H groups in total. The number of ether oxygens (including phenoxy) is 2. The summed E-state index contributed by atoms with van der Waals surface area (Å²) < 4.78 is 11.3. The van der Waals surface area contributed by atoms with E-state index in [1.807, 2.05) is 54.6 Å². The molecule has 0 atom stereocenters. The molecule has 0 aliphatic carbocycles. The Morgan fingerprint density at radius 3 is 2.41 bits per heavy atom. The third-order valence-electron chi connectivity index (χ3n) is 5.59. The van der Waals surface area contributed by atoms with Crippen molar-refractivity contribution in [1.29, 1.82) is 0 Å². The highest BCUT2D eigenvalue weighted by Crippen LogP contribution is 2.19. The molecule has 0 bridgehead atoms. The number of morpholine rings is 1. The van der Waals surface area contributed by atoms with Crippen molar-refractivity contribution in [2.45, 2.75) is 13.0 Å². The first-order valence-corrected chi connectivity index (χ1v) is 11.2. The van der Waals surface area contributed by atoms with Crippen LogP contribution >= 0.6 is 0 Å². The van der Waals surface area contributed by atoms with Crippen LogP contribution in [0.3, 0.4) is 0 Å². The Bertz CT molecular complexity index is 983. The molecule has 1 heterocycles. The summed E-state index contributed by atoms with van der Waals surface area (Å²) in [7, 11) is 0. The largest absolute Gasteiger partial charge is 0.492 e. The highest BCUT2D eigenvalue weighted by molar-refractivity contribution is 5.78. The highest BCUT2D eigenvalue weighted by atomic mass is 16.5. The Morgan fingerprint density at radius 2 is 1.62 bits per heavy atom. The van der Waals surface area contributed by atoms with E-state index in [4.69, 9.17) is 9.47 Å². The van der Waals surface area contributed by atoms with Crippen molar-refractivity contribution in [3.05, 3.63) is 90.0 Å². The molecule has 5 nitrogen and oxygen atoms in total. The number of rotatable bonds is 9. The van der Waals surface area contributed by atoms with Gasteiger partial charge in [0.25, 0.3) is 0 Å². The molecule has 0 saturated carbocycles. The second kappa shape index (κ2) is 11.5. The number of benzene rings is 3. The molecule has 32 heavy (non-hydrogen) atoms. The Kier molecular flexibility index (Phi) is 7.90. The normalized spacial score (nSPS) is 14.1. The van der Waals surface area contributed by atoms with E-state index in [0.29, 0.717) is 19.6 Å². The second-order valence-corrected chi connectivity index (χ2v) is 7.97. The maximum absolute atomic E-state index is 12.4. The molecule has 1 saturated heterocycles. The van der Waals surface area contributed by atoms with Gasteiger partial charge in [0.15, 0.2) is 0 Å². The molecule has 3 aromatic rings. The van der Waals surface area contributed by atoms with Gasteiger partial charge in [0, 0.05) is 26.2 Å². The number of hydrogen-bond donors (Lipinski definition) is 1. The molecular formula is C27H30N2O3. The highest BCUT2D eigenvalue weighted by Gasteiger charge is 2.10. The number of nitrogens with one attached hydrogen (secondary N) is 1. The minimum atomic E-state index is 0.0103. The van der Waals surface area contributed by atoms with Gasteiger partial charge in [-0.3, -0.25) is 9.69 Å². The number of nitrogens with zero attached hydrogens (tertiary/aromatic N) is 1. The molecule has 4 rings (SSSR count). The van der Waals surface area contributed by atoms with Crippen molar-refractivity contribution >= 4 is 5.91 Å². The van der Waals surface area contributed by atoms with E-state index in [-0.39, 0.29) is 5.91 Å². The predicted octanol–water partition coefficient (Wildman–Crippen LogP) is 3.92. The van der Waals surface area contributed by atoms with Gasteiger partial charge >= 0.3 is 0 Å². The smallest absolute Gasteiger partial charge is 0.224 e. The fourth-order valence-electron chi connectivity index (χ4n) is 3.76. The van der Waals surface area contributed by atoms with Crippen LogP contribution in [-0.4, -0.2) is 50.3 Å². The van der Waals surface area contributed by atoms with Crippen LogP contribution in [0.2, 0.25) is 0 Å². The van der Waals surface area contributed by atoms with E-state index in [2.05, 4.69) is 34.5 Å². The Labute approximate surface area is 190 Å². The third-order valence-corrected chi connectivity index (χ3v) is 5.59. The zero-order valence-corrected chi connectivity index (χ0v) is 18.3. The molecule has 0 unspecified atom stereocenters. The number of carbonyl (C=O) groups excluding carboxylic acids is 1. The van der Waals surface area contributed by atoms with E-state index < -0.39 is 0 Å². The number of carbonyl (C=O) groups is 1. The molecule has 0 aromatic heterocycles. The van der Waals surface area contributed by atoms with E-state index in [0.717, 1.165) is 55.3 Å². The Morgan fingerprint density at radius 1 is 0.875 bits per heavy atom. The van der Waals surface area contributed by atoms with Crippen LogP contribution in [0.4, 0.5) is 0 Å². The van der Waals surface area contributed by atoms with E-state index in [9.17, 15) is 4.79 Å².